The molecule has 0 aromatic carbocycles. The zero-order chi connectivity index (χ0) is 12.3. The summed E-state index contributed by atoms with van der Waals surface area (Å²) in [5.41, 5.74) is 0. The molecule has 0 bridgehead atoms. The van der Waals surface area contributed by atoms with Crippen molar-refractivity contribution in [2.24, 2.45) is 0 Å². The number of carbonyl (C=O) groups excluding carboxylic acids is 1. The van der Waals surface area contributed by atoms with Gasteiger partial charge in [0.1, 0.15) is 0 Å². The van der Waals surface area contributed by atoms with E-state index in [0.717, 1.165) is 9.35 Å². The number of rotatable bonds is 4. The zero-order valence-electron chi connectivity index (χ0n) is 10.1. The molecule has 0 unspecified atom stereocenters. The van der Waals surface area contributed by atoms with Gasteiger partial charge in [0.15, 0.2) is 5.78 Å². The Morgan fingerprint density at radius 1 is 1.47 bits per heavy atom. The Morgan fingerprint density at radius 2 is 2.18 bits per heavy atom. The number of thiophene rings is 1. The summed E-state index contributed by atoms with van der Waals surface area (Å²) < 4.78 is 0.935. The average Bonchev–Trinajstić information content (AvgIpc) is 2.76. The number of hydrogen-bond acceptors (Lipinski definition) is 3. The third-order valence-electron chi connectivity index (χ3n) is 3.46. The minimum Gasteiger partial charge on any atom is -0.296 e. The van der Waals surface area contributed by atoms with Gasteiger partial charge in [0.05, 0.1) is 11.4 Å². The number of carbonyl (C=O) groups is 1. The molecule has 94 valence electrons. The molecule has 0 spiro atoms. The van der Waals surface area contributed by atoms with Crippen LogP contribution in [-0.2, 0) is 0 Å². The number of nitrogens with zero attached hydrogens (tertiary/aromatic N) is 1. The number of halogens is 1. The zero-order valence-corrected chi connectivity index (χ0v) is 12.5. The predicted molar refractivity (Wildman–Crippen MR) is 75.9 cm³/mol. The van der Waals surface area contributed by atoms with Crippen LogP contribution in [0.1, 0.15) is 41.8 Å². The van der Waals surface area contributed by atoms with Crippen molar-refractivity contribution in [2.45, 2.75) is 38.1 Å². The summed E-state index contributed by atoms with van der Waals surface area (Å²) in [6, 6.07) is 2.55. The van der Waals surface area contributed by atoms with E-state index in [0.29, 0.717) is 12.6 Å². The number of ketones is 1. The number of hydrogen-bond donors (Lipinski definition) is 0. The van der Waals surface area contributed by atoms with Crippen molar-refractivity contribution in [2.75, 3.05) is 13.6 Å². The highest BCUT2D eigenvalue weighted by atomic mass is 79.9. The van der Waals surface area contributed by atoms with Crippen LogP contribution in [0.25, 0.3) is 0 Å². The van der Waals surface area contributed by atoms with Crippen molar-refractivity contribution in [1.29, 1.82) is 0 Å². The second-order valence-corrected chi connectivity index (χ2v) is 6.50. The van der Waals surface area contributed by atoms with Crippen LogP contribution in [0.2, 0.25) is 0 Å². The number of likely N-dealkylation sites (N-methyl/N-ethyl adjacent to an activating group) is 1. The lowest BCUT2D eigenvalue weighted by Crippen LogP contribution is -2.37. The van der Waals surface area contributed by atoms with Crippen molar-refractivity contribution in [3.63, 3.8) is 0 Å². The molecule has 1 aromatic rings. The van der Waals surface area contributed by atoms with Gasteiger partial charge in [-0.1, -0.05) is 19.3 Å². The van der Waals surface area contributed by atoms with E-state index in [1.54, 1.807) is 0 Å². The highest BCUT2D eigenvalue weighted by Crippen LogP contribution is 2.25. The fourth-order valence-electron chi connectivity index (χ4n) is 2.44. The van der Waals surface area contributed by atoms with Crippen LogP contribution in [0.4, 0.5) is 0 Å². The Kier molecular flexibility index (Phi) is 4.77. The summed E-state index contributed by atoms with van der Waals surface area (Å²) in [6.45, 7) is 0.545. The first-order chi connectivity index (χ1) is 8.18. The molecule has 0 aliphatic heterocycles. The van der Waals surface area contributed by atoms with Gasteiger partial charge in [-0.05, 0) is 47.3 Å². The van der Waals surface area contributed by atoms with E-state index in [9.17, 15) is 4.79 Å². The molecule has 2 rings (SSSR count). The van der Waals surface area contributed by atoms with Gasteiger partial charge >= 0.3 is 0 Å². The van der Waals surface area contributed by atoms with Crippen LogP contribution in [0.5, 0.6) is 0 Å². The molecule has 1 saturated carbocycles. The van der Waals surface area contributed by atoms with Gasteiger partial charge in [-0.3, -0.25) is 9.69 Å². The summed E-state index contributed by atoms with van der Waals surface area (Å²) in [5.74, 6) is 0.236. The van der Waals surface area contributed by atoms with Crippen LogP contribution in [0, 0.1) is 0 Å². The first-order valence-electron chi connectivity index (χ1n) is 6.15. The molecule has 1 aliphatic carbocycles. The van der Waals surface area contributed by atoms with E-state index in [-0.39, 0.29) is 5.78 Å². The minimum absolute atomic E-state index is 0.236. The van der Waals surface area contributed by atoms with Crippen LogP contribution >= 0.6 is 27.3 Å². The molecule has 0 saturated heterocycles. The third-order valence-corrected chi connectivity index (χ3v) is 5.34. The summed E-state index contributed by atoms with van der Waals surface area (Å²) in [6.07, 6.45) is 6.47. The standard InChI is InChI=1S/C13H18BrNOS/c1-15(10-5-3-2-4-6-10)9-12(16)13-11(14)7-8-17-13/h7-8,10H,2-6,9H2,1H3. The summed E-state index contributed by atoms with van der Waals surface area (Å²) in [5, 5.41) is 1.96. The van der Waals surface area contributed by atoms with Gasteiger partial charge in [-0.25, -0.2) is 0 Å². The molecule has 0 radical (unpaired) electrons. The van der Waals surface area contributed by atoms with Gasteiger partial charge in [-0.2, -0.15) is 0 Å². The average molecular weight is 316 g/mol. The van der Waals surface area contributed by atoms with E-state index in [1.807, 2.05) is 11.4 Å². The van der Waals surface area contributed by atoms with E-state index in [1.165, 1.54) is 43.4 Å². The van der Waals surface area contributed by atoms with Crippen molar-refractivity contribution in [1.82, 2.24) is 4.90 Å². The molecular formula is C13H18BrNOS. The highest BCUT2D eigenvalue weighted by Gasteiger charge is 2.21. The quantitative estimate of drug-likeness (QED) is 0.784. The van der Waals surface area contributed by atoms with Crippen molar-refractivity contribution < 1.29 is 4.79 Å². The number of Topliss-reactive ketones (excluding diaryl/α,β-unsaturated/α-hetero) is 1. The maximum absolute atomic E-state index is 12.1. The largest absolute Gasteiger partial charge is 0.296 e. The molecule has 17 heavy (non-hydrogen) atoms. The van der Waals surface area contributed by atoms with Gasteiger partial charge in [0.2, 0.25) is 0 Å². The van der Waals surface area contributed by atoms with E-state index >= 15 is 0 Å². The Morgan fingerprint density at radius 3 is 2.76 bits per heavy atom. The fourth-order valence-corrected chi connectivity index (χ4v) is 3.97. The lowest BCUT2D eigenvalue weighted by molar-refractivity contribution is 0.0903. The predicted octanol–water partition coefficient (Wildman–Crippen LogP) is 3.96. The highest BCUT2D eigenvalue weighted by molar-refractivity contribution is 9.10. The molecular weight excluding hydrogens is 298 g/mol. The molecule has 2 nitrogen and oxygen atoms in total. The molecule has 1 aliphatic rings. The van der Waals surface area contributed by atoms with Gasteiger partial charge in [0, 0.05) is 10.5 Å². The Balaban J connectivity index is 1.92. The lowest BCUT2D eigenvalue weighted by atomic mass is 9.94. The van der Waals surface area contributed by atoms with E-state index < -0.39 is 0 Å². The second-order valence-electron chi connectivity index (χ2n) is 4.73. The van der Waals surface area contributed by atoms with Crippen LogP contribution < -0.4 is 0 Å². The molecule has 1 fully saturated rings. The molecule has 1 aromatic heterocycles. The second kappa shape index (κ2) is 6.12. The van der Waals surface area contributed by atoms with Crippen molar-refractivity contribution in [3.05, 3.63) is 20.8 Å². The van der Waals surface area contributed by atoms with Crippen molar-refractivity contribution >= 4 is 33.0 Å². The van der Waals surface area contributed by atoms with Crippen LogP contribution in [-0.4, -0.2) is 30.3 Å². The lowest BCUT2D eigenvalue weighted by Gasteiger charge is -2.30. The molecule has 0 N–H and O–H groups in total. The first kappa shape index (κ1) is 13.2. The van der Waals surface area contributed by atoms with Crippen molar-refractivity contribution in [3.8, 4) is 0 Å². The first-order valence-corrected chi connectivity index (χ1v) is 7.82. The van der Waals surface area contributed by atoms with Gasteiger partial charge in [0.25, 0.3) is 0 Å². The molecule has 0 amide bonds. The smallest absolute Gasteiger partial charge is 0.187 e. The normalized spacial score (nSPS) is 17.6. The van der Waals surface area contributed by atoms with Gasteiger partial charge in [-0.15, -0.1) is 11.3 Å². The Hall–Kier alpha value is -0.190. The summed E-state index contributed by atoms with van der Waals surface area (Å²) >= 11 is 4.95. The monoisotopic (exact) mass is 315 g/mol. The molecule has 1 heterocycles. The maximum Gasteiger partial charge on any atom is 0.187 e. The Bertz CT molecular complexity index is 385. The van der Waals surface area contributed by atoms with Gasteiger partial charge < -0.3 is 0 Å². The van der Waals surface area contributed by atoms with Crippen LogP contribution in [0.15, 0.2) is 15.9 Å². The summed E-state index contributed by atoms with van der Waals surface area (Å²) in [7, 11) is 2.08. The van der Waals surface area contributed by atoms with Crippen LogP contribution in [0.3, 0.4) is 0 Å². The topological polar surface area (TPSA) is 20.3 Å². The fraction of sp³-hybridized carbons (Fsp3) is 0.615. The molecule has 4 heteroatoms. The molecule has 0 atom stereocenters. The Labute approximate surface area is 115 Å². The summed E-state index contributed by atoms with van der Waals surface area (Å²) in [4.78, 5) is 15.2. The minimum atomic E-state index is 0.236. The van der Waals surface area contributed by atoms with E-state index in [2.05, 4.69) is 27.9 Å². The maximum atomic E-state index is 12.1. The third kappa shape index (κ3) is 3.39. The van der Waals surface area contributed by atoms with E-state index in [4.69, 9.17) is 0 Å². The SMILES string of the molecule is CN(CC(=O)c1sccc1Br)C1CCCCC1.